The number of rotatable bonds is 48. The summed E-state index contributed by atoms with van der Waals surface area (Å²) >= 11 is 0. The molecule has 0 radical (unpaired) electrons. The van der Waals surface area contributed by atoms with E-state index in [0.29, 0.717) is 6.42 Å². The Morgan fingerprint density at radius 3 is 1.31 bits per heavy atom. The molecule has 1 heterocycles. The Morgan fingerprint density at radius 1 is 0.500 bits per heavy atom. The zero-order valence-corrected chi connectivity index (χ0v) is 44.7. The summed E-state index contributed by atoms with van der Waals surface area (Å²) in [6, 6.07) is -0.810. The van der Waals surface area contributed by atoms with Crippen molar-refractivity contribution in [1.82, 2.24) is 5.32 Å². The first kappa shape index (κ1) is 65.4. The van der Waals surface area contributed by atoms with E-state index < -0.39 is 49.5 Å². The smallest absolute Gasteiger partial charge is 0.220 e. The predicted octanol–water partition coefficient (Wildman–Crippen LogP) is 14.2. The van der Waals surface area contributed by atoms with Crippen molar-refractivity contribution in [2.45, 2.75) is 281 Å². The van der Waals surface area contributed by atoms with Gasteiger partial charge >= 0.3 is 0 Å². The van der Waals surface area contributed by atoms with Crippen LogP contribution in [0.25, 0.3) is 0 Å². The topological polar surface area (TPSA) is 149 Å². The van der Waals surface area contributed by atoms with Gasteiger partial charge < -0.3 is 40.3 Å². The third-order valence-corrected chi connectivity index (χ3v) is 13.2. The summed E-state index contributed by atoms with van der Waals surface area (Å²) < 4.78 is 11.3. The Bertz CT molecular complexity index is 1370. The van der Waals surface area contributed by atoms with E-state index in [0.717, 1.165) is 77.0 Å². The fourth-order valence-electron chi connectivity index (χ4n) is 8.69. The van der Waals surface area contributed by atoms with Crippen LogP contribution in [-0.2, 0) is 14.3 Å². The van der Waals surface area contributed by atoms with Crippen molar-refractivity contribution in [3.8, 4) is 0 Å². The molecule has 9 heteroatoms. The average Bonchev–Trinajstić information content (AvgIpc) is 3.36. The van der Waals surface area contributed by atoms with Gasteiger partial charge in [-0.1, -0.05) is 247 Å². The standard InChI is InChI=1S/C61H107NO8/c1-3-5-7-9-11-13-15-17-19-21-22-23-24-25-26-27-28-29-30-31-32-33-34-35-37-39-41-43-45-47-49-51-57(65)62-54(53-69-61-60(68)59(67)58(66)56(52-63)70-61)55(64)50-48-46-44-42-40-38-36-20-18-16-14-12-10-8-6-4-2/h5,7,11,13,17,19,22-23,25-26,28-29,48,50,54-56,58-61,63-64,66-68H,3-4,6,8-10,12,14-16,18,20-21,24,27,30-47,49,51-53H2,1-2H3,(H,62,65)/b7-5-,13-11-,19-17-,23-22-,26-25-,29-28-,50-48+. The molecule has 9 nitrogen and oxygen atoms in total. The molecule has 0 aromatic rings. The fourth-order valence-corrected chi connectivity index (χ4v) is 8.69. The Morgan fingerprint density at radius 2 is 0.886 bits per heavy atom. The molecule has 1 aliphatic rings. The monoisotopic (exact) mass is 982 g/mol. The number of hydrogen-bond donors (Lipinski definition) is 6. The first-order valence-electron chi connectivity index (χ1n) is 28.8. The van der Waals surface area contributed by atoms with Gasteiger partial charge in [0.2, 0.25) is 5.91 Å². The van der Waals surface area contributed by atoms with Gasteiger partial charge in [-0.05, 0) is 70.6 Å². The number of aliphatic hydroxyl groups excluding tert-OH is 5. The van der Waals surface area contributed by atoms with Crippen LogP contribution in [0.1, 0.15) is 239 Å². The van der Waals surface area contributed by atoms with Crippen molar-refractivity contribution >= 4 is 5.91 Å². The van der Waals surface area contributed by atoms with Crippen LogP contribution in [0.4, 0.5) is 0 Å². The Kier molecular flexibility index (Phi) is 46.6. The van der Waals surface area contributed by atoms with Crippen molar-refractivity contribution in [1.29, 1.82) is 0 Å². The van der Waals surface area contributed by atoms with Gasteiger partial charge in [0, 0.05) is 6.42 Å². The minimum Gasteiger partial charge on any atom is -0.394 e. The molecular formula is C61H107NO8. The number of nitrogens with one attached hydrogen (secondary N) is 1. The fraction of sp³-hybridized carbons (Fsp3) is 0.754. The molecular weight excluding hydrogens is 875 g/mol. The quantitative estimate of drug-likeness (QED) is 0.0261. The number of amides is 1. The van der Waals surface area contributed by atoms with Gasteiger partial charge in [0.05, 0.1) is 25.4 Å². The SMILES string of the molecule is CC/C=C\C/C=C\C/C=C\C/C=C\C/C=C\C/C=C\CCCCCCCCCCCCCCC(=O)NC(COC1OC(CO)C(O)C(O)C1O)C(O)/C=C/CCCCCCCCCCCCCCCC. The zero-order valence-electron chi connectivity index (χ0n) is 44.7. The summed E-state index contributed by atoms with van der Waals surface area (Å²) in [5.41, 5.74) is 0. The predicted molar refractivity (Wildman–Crippen MR) is 295 cm³/mol. The van der Waals surface area contributed by atoms with E-state index in [1.165, 1.54) is 141 Å². The molecule has 6 N–H and O–H groups in total. The van der Waals surface area contributed by atoms with Gasteiger partial charge in [0.25, 0.3) is 0 Å². The van der Waals surface area contributed by atoms with Crippen LogP contribution in [0.2, 0.25) is 0 Å². The second kappa shape index (κ2) is 49.9. The van der Waals surface area contributed by atoms with E-state index in [2.05, 4.69) is 92.1 Å². The first-order chi connectivity index (χ1) is 34.3. The highest BCUT2D eigenvalue weighted by molar-refractivity contribution is 5.76. The van der Waals surface area contributed by atoms with Gasteiger partial charge in [-0.3, -0.25) is 4.79 Å². The summed E-state index contributed by atoms with van der Waals surface area (Å²) in [5, 5.41) is 54.5. The molecule has 7 atom stereocenters. The van der Waals surface area contributed by atoms with Gasteiger partial charge in [0.15, 0.2) is 6.29 Å². The summed E-state index contributed by atoms with van der Waals surface area (Å²) in [4.78, 5) is 13.1. The Balaban J connectivity index is 2.20. The average molecular weight is 983 g/mol. The van der Waals surface area contributed by atoms with E-state index in [4.69, 9.17) is 9.47 Å². The number of carbonyl (C=O) groups excluding carboxylic acids is 1. The molecule has 0 aliphatic carbocycles. The van der Waals surface area contributed by atoms with Crippen LogP contribution < -0.4 is 5.32 Å². The lowest BCUT2D eigenvalue weighted by Gasteiger charge is -2.40. The van der Waals surface area contributed by atoms with Crippen molar-refractivity contribution in [2.75, 3.05) is 13.2 Å². The summed E-state index contributed by atoms with van der Waals surface area (Å²) in [5.74, 6) is -0.181. The molecule has 1 rings (SSSR count). The highest BCUT2D eigenvalue weighted by Crippen LogP contribution is 2.23. The first-order valence-corrected chi connectivity index (χ1v) is 28.8. The molecule has 0 saturated carbocycles. The van der Waals surface area contributed by atoms with Crippen LogP contribution in [-0.4, -0.2) is 87.5 Å². The highest BCUT2D eigenvalue weighted by atomic mass is 16.7. The van der Waals surface area contributed by atoms with E-state index in [1.54, 1.807) is 6.08 Å². The van der Waals surface area contributed by atoms with E-state index >= 15 is 0 Å². The molecule has 0 aromatic carbocycles. The number of carbonyl (C=O) groups is 1. The lowest BCUT2D eigenvalue weighted by atomic mass is 9.99. The number of allylic oxidation sites excluding steroid dienone is 13. The zero-order chi connectivity index (χ0) is 50.8. The molecule has 70 heavy (non-hydrogen) atoms. The number of unbranched alkanes of at least 4 members (excludes halogenated alkanes) is 26. The molecule has 404 valence electrons. The molecule has 1 amide bonds. The lowest BCUT2D eigenvalue weighted by Crippen LogP contribution is -2.60. The minimum atomic E-state index is -1.57. The molecule has 1 aliphatic heterocycles. The molecule has 1 saturated heterocycles. The summed E-state index contributed by atoms with van der Waals surface area (Å²) in [6.07, 6.45) is 63.5. The third kappa shape index (κ3) is 39.0. The molecule has 0 bridgehead atoms. The molecule has 1 fully saturated rings. The summed E-state index contributed by atoms with van der Waals surface area (Å²) in [6.45, 7) is 3.67. The Hall–Kier alpha value is -2.63. The minimum absolute atomic E-state index is 0.181. The normalized spacial score (nSPS) is 20.0. The van der Waals surface area contributed by atoms with Gasteiger partial charge in [0.1, 0.15) is 24.4 Å². The second-order valence-corrected chi connectivity index (χ2v) is 19.7. The van der Waals surface area contributed by atoms with E-state index in [-0.39, 0.29) is 12.5 Å². The van der Waals surface area contributed by atoms with Gasteiger partial charge in [-0.2, -0.15) is 0 Å². The van der Waals surface area contributed by atoms with Crippen molar-refractivity contribution in [3.05, 3.63) is 85.1 Å². The van der Waals surface area contributed by atoms with Gasteiger partial charge in [-0.15, -0.1) is 0 Å². The summed E-state index contributed by atoms with van der Waals surface area (Å²) in [7, 11) is 0. The van der Waals surface area contributed by atoms with Crippen molar-refractivity contribution in [2.24, 2.45) is 0 Å². The number of hydrogen-bond acceptors (Lipinski definition) is 8. The van der Waals surface area contributed by atoms with Gasteiger partial charge in [-0.25, -0.2) is 0 Å². The van der Waals surface area contributed by atoms with Crippen LogP contribution in [0.5, 0.6) is 0 Å². The largest absolute Gasteiger partial charge is 0.394 e. The maximum Gasteiger partial charge on any atom is 0.220 e. The Labute approximate surface area is 429 Å². The third-order valence-electron chi connectivity index (χ3n) is 13.2. The second-order valence-electron chi connectivity index (χ2n) is 19.7. The maximum absolute atomic E-state index is 13.1. The van der Waals surface area contributed by atoms with E-state index in [1.807, 2.05) is 6.08 Å². The number of aliphatic hydroxyl groups is 5. The van der Waals surface area contributed by atoms with E-state index in [9.17, 15) is 30.3 Å². The molecule has 7 unspecified atom stereocenters. The van der Waals surface area contributed by atoms with Crippen LogP contribution in [0.3, 0.4) is 0 Å². The lowest BCUT2D eigenvalue weighted by molar-refractivity contribution is -0.302. The maximum atomic E-state index is 13.1. The van der Waals surface area contributed by atoms with Crippen LogP contribution >= 0.6 is 0 Å². The highest BCUT2D eigenvalue weighted by Gasteiger charge is 2.44. The van der Waals surface area contributed by atoms with Crippen LogP contribution in [0.15, 0.2) is 85.1 Å². The molecule has 0 spiro atoms. The number of ether oxygens (including phenoxy) is 2. The van der Waals surface area contributed by atoms with Crippen molar-refractivity contribution < 1.29 is 39.8 Å². The molecule has 0 aromatic heterocycles. The van der Waals surface area contributed by atoms with Crippen LogP contribution in [0, 0.1) is 0 Å². The van der Waals surface area contributed by atoms with Crippen molar-refractivity contribution in [3.63, 3.8) is 0 Å².